The largest absolute Gasteiger partial charge is 0.318 e. The quantitative estimate of drug-likeness (QED) is 0.831. The number of hydrogen-bond donors (Lipinski definition) is 1. The molecule has 0 fully saturated rings. The lowest BCUT2D eigenvalue weighted by Gasteiger charge is -2.25. The molecule has 2 heteroatoms. The van der Waals surface area contributed by atoms with Gasteiger partial charge in [-0.1, -0.05) is 35.9 Å². The van der Waals surface area contributed by atoms with Crippen LogP contribution in [0.25, 0.3) is 0 Å². The maximum atomic E-state index is 6.39. The third kappa shape index (κ3) is 1.97. The van der Waals surface area contributed by atoms with E-state index in [1.807, 2.05) is 31.3 Å². The summed E-state index contributed by atoms with van der Waals surface area (Å²) in [5.41, 5.74) is 9.26. The van der Waals surface area contributed by atoms with Gasteiger partial charge in [0.1, 0.15) is 0 Å². The highest BCUT2D eigenvalue weighted by molar-refractivity contribution is 5.37. The number of rotatable bonds is 2. The van der Waals surface area contributed by atoms with E-state index in [9.17, 15) is 0 Å². The fourth-order valence-electron chi connectivity index (χ4n) is 1.80. The molecule has 0 saturated carbocycles. The summed E-state index contributed by atoms with van der Waals surface area (Å²) in [6.45, 7) is 4.08. The zero-order chi connectivity index (χ0) is 11.6. The van der Waals surface area contributed by atoms with Gasteiger partial charge in [-0.05, 0) is 31.0 Å². The van der Waals surface area contributed by atoms with Crippen molar-refractivity contribution < 1.29 is 0 Å². The monoisotopic (exact) mass is 212 g/mol. The Morgan fingerprint density at radius 1 is 1.12 bits per heavy atom. The van der Waals surface area contributed by atoms with E-state index in [1.165, 1.54) is 5.56 Å². The molecule has 0 radical (unpaired) electrons. The van der Waals surface area contributed by atoms with Crippen molar-refractivity contribution >= 4 is 0 Å². The molecule has 2 N–H and O–H groups in total. The maximum Gasteiger partial charge on any atom is 0.0652 e. The second-order valence-corrected chi connectivity index (χ2v) is 4.31. The molecule has 16 heavy (non-hydrogen) atoms. The summed E-state index contributed by atoms with van der Waals surface area (Å²) in [6, 6.07) is 12.2. The van der Waals surface area contributed by atoms with Crippen LogP contribution in [0.15, 0.2) is 48.8 Å². The molecule has 82 valence electrons. The van der Waals surface area contributed by atoms with E-state index >= 15 is 0 Å². The maximum absolute atomic E-state index is 6.39. The molecule has 0 spiro atoms. The Labute approximate surface area is 96.1 Å². The van der Waals surface area contributed by atoms with Gasteiger partial charge in [-0.25, -0.2) is 0 Å². The third-order valence-corrected chi connectivity index (χ3v) is 2.88. The molecule has 2 nitrogen and oxygen atoms in total. The molecule has 1 atom stereocenters. The Kier molecular flexibility index (Phi) is 2.75. The van der Waals surface area contributed by atoms with Crippen LogP contribution in [0.2, 0.25) is 0 Å². The van der Waals surface area contributed by atoms with Crippen molar-refractivity contribution in [2.24, 2.45) is 5.73 Å². The summed E-state index contributed by atoms with van der Waals surface area (Å²) in [5.74, 6) is 0. The number of hydrogen-bond acceptors (Lipinski definition) is 2. The first-order valence-corrected chi connectivity index (χ1v) is 5.37. The van der Waals surface area contributed by atoms with Gasteiger partial charge in [0.15, 0.2) is 0 Å². The van der Waals surface area contributed by atoms with Gasteiger partial charge < -0.3 is 5.73 Å². The molecule has 0 aliphatic rings. The molecule has 0 saturated heterocycles. The summed E-state index contributed by atoms with van der Waals surface area (Å²) in [6.07, 6.45) is 3.58. The van der Waals surface area contributed by atoms with Crippen molar-refractivity contribution in [1.29, 1.82) is 0 Å². The van der Waals surface area contributed by atoms with E-state index in [4.69, 9.17) is 5.73 Å². The predicted molar refractivity (Wildman–Crippen MR) is 66.1 cm³/mol. The van der Waals surface area contributed by atoms with Gasteiger partial charge in [0.05, 0.1) is 5.54 Å². The molecule has 2 rings (SSSR count). The summed E-state index contributed by atoms with van der Waals surface area (Å²) < 4.78 is 0. The summed E-state index contributed by atoms with van der Waals surface area (Å²) in [5, 5.41) is 0. The summed E-state index contributed by atoms with van der Waals surface area (Å²) >= 11 is 0. The highest BCUT2D eigenvalue weighted by Gasteiger charge is 2.23. The SMILES string of the molecule is Cc1cccc(C(C)(N)c2cccnc2)c1. The molecule has 0 aliphatic heterocycles. The molecule has 1 heterocycles. The fraction of sp³-hybridized carbons (Fsp3) is 0.214. The van der Waals surface area contributed by atoms with E-state index < -0.39 is 5.54 Å². The van der Waals surface area contributed by atoms with Crippen LogP contribution >= 0.6 is 0 Å². The van der Waals surface area contributed by atoms with E-state index in [-0.39, 0.29) is 0 Å². The number of benzene rings is 1. The number of nitrogens with two attached hydrogens (primary N) is 1. The lowest BCUT2D eigenvalue weighted by Crippen LogP contribution is -2.34. The van der Waals surface area contributed by atoms with Crippen molar-refractivity contribution in [3.8, 4) is 0 Å². The van der Waals surface area contributed by atoms with Gasteiger partial charge in [0.25, 0.3) is 0 Å². The second kappa shape index (κ2) is 4.06. The second-order valence-electron chi connectivity index (χ2n) is 4.31. The average Bonchev–Trinajstić information content (AvgIpc) is 2.30. The Bertz CT molecular complexity index is 475. The molecular weight excluding hydrogens is 196 g/mol. The molecule has 2 aromatic rings. The molecular formula is C14H16N2. The highest BCUT2D eigenvalue weighted by Crippen LogP contribution is 2.26. The van der Waals surface area contributed by atoms with Gasteiger partial charge >= 0.3 is 0 Å². The molecule has 0 bridgehead atoms. The smallest absolute Gasteiger partial charge is 0.0652 e. The average molecular weight is 212 g/mol. The van der Waals surface area contributed by atoms with E-state index in [2.05, 4.69) is 30.1 Å². The van der Waals surface area contributed by atoms with Crippen LogP contribution in [0, 0.1) is 6.92 Å². The Balaban J connectivity index is 2.47. The number of pyridine rings is 1. The predicted octanol–water partition coefficient (Wildman–Crippen LogP) is 2.61. The molecule has 1 aromatic carbocycles. The highest BCUT2D eigenvalue weighted by atomic mass is 14.7. The Hall–Kier alpha value is -1.67. The first-order valence-electron chi connectivity index (χ1n) is 5.37. The number of aryl methyl sites for hydroxylation is 1. The van der Waals surface area contributed by atoms with Gasteiger partial charge in [-0.2, -0.15) is 0 Å². The van der Waals surface area contributed by atoms with E-state index in [1.54, 1.807) is 6.20 Å². The van der Waals surface area contributed by atoms with Crippen molar-refractivity contribution in [1.82, 2.24) is 4.98 Å². The third-order valence-electron chi connectivity index (χ3n) is 2.88. The summed E-state index contributed by atoms with van der Waals surface area (Å²) in [7, 11) is 0. The lowest BCUT2D eigenvalue weighted by atomic mass is 9.86. The van der Waals surface area contributed by atoms with Crippen LogP contribution < -0.4 is 5.73 Å². The first kappa shape index (κ1) is 10.8. The van der Waals surface area contributed by atoms with Crippen molar-refractivity contribution in [2.75, 3.05) is 0 Å². The molecule has 0 amide bonds. The van der Waals surface area contributed by atoms with E-state index in [0.717, 1.165) is 11.1 Å². The van der Waals surface area contributed by atoms with Crippen LogP contribution in [-0.2, 0) is 5.54 Å². The van der Waals surface area contributed by atoms with Gasteiger partial charge in [-0.15, -0.1) is 0 Å². The minimum atomic E-state index is -0.486. The van der Waals surface area contributed by atoms with Gasteiger partial charge in [-0.3, -0.25) is 4.98 Å². The van der Waals surface area contributed by atoms with Crippen molar-refractivity contribution in [2.45, 2.75) is 19.4 Å². The first-order chi connectivity index (χ1) is 7.60. The number of nitrogens with zero attached hydrogens (tertiary/aromatic N) is 1. The van der Waals surface area contributed by atoms with Gasteiger partial charge in [0, 0.05) is 12.4 Å². The standard InChI is InChI=1S/C14H16N2/c1-11-5-3-6-12(9-11)14(2,15)13-7-4-8-16-10-13/h3-10H,15H2,1-2H3. The fourth-order valence-corrected chi connectivity index (χ4v) is 1.80. The Morgan fingerprint density at radius 2 is 1.88 bits per heavy atom. The summed E-state index contributed by atoms with van der Waals surface area (Å²) in [4.78, 5) is 4.12. The van der Waals surface area contributed by atoms with Crippen LogP contribution in [0.4, 0.5) is 0 Å². The van der Waals surface area contributed by atoms with Crippen LogP contribution in [0.1, 0.15) is 23.6 Å². The zero-order valence-corrected chi connectivity index (χ0v) is 9.64. The van der Waals surface area contributed by atoms with Crippen LogP contribution in [-0.4, -0.2) is 4.98 Å². The molecule has 1 unspecified atom stereocenters. The molecule has 1 aromatic heterocycles. The normalized spacial score (nSPS) is 14.4. The number of aromatic nitrogens is 1. The topological polar surface area (TPSA) is 38.9 Å². The van der Waals surface area contributed by atoms with Crippen LogP contribution in [0.3, 0.4) is 0 Å². The van der Waals surface area contributed by atoms with Crippen molar-refractivity contribution in [3.05, 3.63) is 65.5 Å². The van der Waals surface area contributed by atoms with Gasteiger partial charge in [0.2, 0.25) is 0 Å². The molecule has 0 aliphatic carbocycles. The Morgan fingerprint density at radius 3 is 2.50 bits per heavy atom. The minimum Gasteiger partial charge on any atom is -0.318 e. The van der Waals surface area contributed by atoms with E-state index in [0.29, 0.717) is 0 Å². The zero-order valence-electron chi connectivity index (χ0n) is 9.64. The lowest BCUT2D eigenvalue weighted by molar-refractivity contribution is 0.600. The van der Waals surface area contributed by atoms with Crippen molar-refractivity contribution in [3.63, 3.8) is 0 Å². The van der Waals surface area contributed by atoms with Crippen LogP contribution in [0.5, 0.6) is 0 Å². The minimum absolute atomic E-state index is 0.486.